The summed E-state index contributed by atoms with van der Waals surface area (Å²) in [6.45, 7) is 6.71. The molecule has 5 heteroatoms. The van der Waals surface area contributed by atoms with Gasteiger partial charge in [-0.2, -0.15) is 5.10 Å². The van der Waals surface area contributed by atoms with Crippen LogP contribution in [0.15, 0.2) is 24.3 Å². The lowest BCUT2D eigenvalue weighted by Gasteiger charge is -2.11. The van der Waals surface area contributed by atoms with E-state index in [1.165, 1.54) is 6.07 Å². The van der Waals surface area contributed by atoms with Gasteiger partial charge in [0.1, 0.15) is 0 Å². The second kappa shape index (κ2) is 6.05. The van der Waals surface area contributed by atoms with Gasteiger partial charge in [-0.15, -0.1) is 0 Å². The molecule has 0 atom stereocenters. The summed E-state index contributed by atoms with van der Waals surface area (Å²) in [6.07, 6.45) is 0. The summed E-state index contributed by atoms with van der Waals surface area (Å²) in [4.78, 5) is 0. The number of nitrogens with one attached hydrogen (secondary N) is 1. The first kappa shape index (κ1) is 14.5. The zero-order valence-corrected chi connectivity index (χ0v) is 12.3. The number of aromatic nitrogens is 2. The summed E-state index contributed by atoms with van der Waals surface area (Å²) in [5.41, 5.74) is 1.83. The summed E-state index contributed by atoms with van der Waals surface area (Å²) < 4.78 is 21.0. The third-order valence-corrected chi connectivity index (χ3v) is 3.02. The highest BCUT2D eigenvalue weighted by atomic mass is 19.1. The van der Waals surface area contributed by atoms with Crippen LogP contribution in [0, 0.1) is 12.7 Å². The van der Waals surface area contributed by atoms with Crippen LogP contribution >= 0.6 is 0 Å². The number of rotatable bonds is 5. The van der Waals surface area contributed by atoms with E-state index in [1.54, 1.807) is 29.9 Å². The molecule has 0 radical (unpaired) electrons. The number of hydrogen-bond acceptors (Lipinski definition) is 3. The second-order valence-corrected chi connectivity index (χ2v) is 5.06. The van der Waals surface area contributed by atoms with E-state index in [1.807, 2.05) is 6.92 Å². The Hall–Kier alpha value is -1.88. The average Bonchev–Trinajstić information content (AvgIpc) is 2.64. The standard InChI is InChI=1S/C15H20FN3O/c1-10(2)17-9-12-11(3)18-19(4)15(12)20-14-8-6-5-7-13(14)16/h5-8,10,17H,9H2,1-4H3. The Bertz CT molecular complexity index is 593. The summed E-state index contributed by atoms with van der Waals surface area (Å²) in [6, 6.07) is 6.73. The van der Waals surface area contributed by atoms with E-state index in [9.17, 15) is 4.39 Å². The normalized spacial score (nSPS) is 11.1. The number of aryl methyl sites for hydroxylation is 2. The molecule has 0 saturated carbocycles. The Balaban J connectivity index is 2.29. The fourth-order valence-electron chi connectivity index (χ4n) is 1.95. The third kappa shape index (κ3) is 3.17. The molecule has 4 nitrogen and oxygen atoms in total. The van der Waals surface area contributed by atoms with E-state index in [4.69, 9.17) is 4.74 Å². The van der Waals surface area contributed by atoms with Crippen molar-refractivity contribution < 1.29 is 9.13 Å². The van der Waals surface area contributed by atoms with Gasteiger partial charge in [-0.1, -0.05) is 26.0 Å². The number of ether oxygens (including phenoxy) is 1. The van der Waals surface area contributed by atoms with E-state index in [2.05, 4.69) is 24.3 Å². The fourth-order valence-corrected chi connectivity index (χ4v) is 1.95. The summed E-state index contributed by atoms with van der Waals surface area (Å²) in [7, 11) is 1.79. The molecule has 1 heterocycles. The molecule has 0 unspecified atom stereocenters. The van der Waals surface area contributed by atoms with E-state index < -0.39 is 0 Å². The van der Waals surface area contributed by atoms with E-state index >= 15 is 0 Å². The van der Waals surface area contributed by atoms with E-state index in [0.717, 1.165) is 11.3 Å². The summed E-state index contributed by atoms with van der Waals surface area (Å²) in [5, 5.41) is 7.67. The van der Waals surface area contributed by atoms with Crippen molar-refractivity contribution >= 4 is 0 Å². The maximum Gasteiger partial charge on any atom is 0.222 e. The maximum atomic E-state index is 13.7. The molecule has 1 aromatic heterocycles. The van der Waals surface area contributed by atoms with Crippen molar-refractivity contribution in [2.75, 3.05) is 0 Å². The van der Waals surface area contributed by atoms with Crippen LogP contribution in [0.25, 0.3) is 0 Å². The lowest BCUT2D eigenvalue weighted by Crippen LogP contribution is -2.22. The van der Waals surface area contributed by atoms with Crippen molar-refractivity contribution in [3.05, 3.63) is 41.3 Å². The van der Waals surface area contributed by atoms with Gasteiger partial charge in [-0.25, -0.2) is 9.07 Å². The monoisotopic (exact) mass is 277 g/mol. The quantitative estimate of drug-likeness (QED) is 0.912. The Labute approximate surface area is 118 Å². The largest absolute Gasteiger partial charge is 0.436 e. The van der Waals surface area contributed by atoms with E-state index in [-0.39, 0.29) is 11.6 Å². The molecule has 0 aliphatic heterocycles. The predicted octanol–water partition coefficient (Wildman–Crippen LogP) is 3.16. The van der Waals surface area contributed by atoms with Gasteiger partial charge in [0.2, 0.25) is 5.88 Å². The van der Waals surface area contributed by atoms with Gasteiger partial charge in [0.05, 0.1) is 11.3 Å². The van der Waals surface area contributed by atoms with Gasteiger partial charge >= 0.3 is 0 Å². The minimum Gasteiger partial charge on any atom is -0.436 e. The maximum absolute atomic E-state index is 13.7. The Morgan fingerprint density at radius 3 is 2.70 bits per heavy atom. The van der Waals surface area contributed by atoms with Crippen molar-refractivity contribution in [3.63, 3.8) is 0 Å². The molecule has 0 spiro atoms. The van der Waals surface area contributed by atoms with Crippen molar-refractivity contribution in [3.8, 4) is 11.6 Å². The molecular weight excluding hydrogens is 257 g/mol. The predicted molar refractivity (Wildman–Crippen MR) is 76.4 cm³/mol. The first-order valence-corrected chi connectivity index (χ1v) is 6.67. The first-order chi connectivity index (χ1) is 9.49. The highest BCUT2D eigenvalue weighted by Gasteiger charge is 2.16. The van der Waals surface area contributed by atoms with Crippen molar-refractivity contribution in [2.45, 2.75) is 33.4 Å². The topological polar surface area (TPSA) is 39.1 Å². The van der Waals surface area contributed by atoms with Crippen molar-refractivity contribution in [1.29, 1.82) is 0 Å². The molecule has 1 N–H and O–H groups in total. The average molecular weight is 277 g/mol. The molecule has 20 heavy (non-hydrogen) atoms. The Kier molecular flexibility index (Phi) is 4.39. The van der Waals surface area contributed by atoms with E-state index in [0.29, 0.717) is 18.5 Å². The lowest BCUT2D eigenvalue weighted by molar-refractivity contribution is 0.397. The SMILES string of the molecule is Cc1nn(C)c(Oc2ccccc2F)c1CNC(C)C. The molecular formula is C15H20FN3O. The highest BCUT2D eigenvalue weighted by molar-refractivity contribution is 5.36. The summed E-state index contributed by atoms with van der Waals surface area (Å²) >= 11 is 0. The van der Waals surface area contributed by atoms with Crippen LogP contribution in [0.1, 0.15) is 25.1 Å². The molecule has 2 aromatic rings. The summed E-state index contributed by atoms with van der Waals surface area (Å²) in [5.74, 6) is 0.399. The van der Waals surface area contributed by atoms with Crippen LogP contribution in [0.4, 0.5) is 4.39 Å². The zero-order chi connectivity index (χ0) is 14.7. The molecule has 2 rings (SSSR count). The van der Waals surface area contributed by atoms with Crippen LogP contribution in [0.3, 0.4) is 0 Å². The smallest absolute Gasteiger partial charge is 0.222 e. The zero-order valence-electron chi connectivity index (χ0n) is 12.3. The molecule has 0 aliphatic carbocycles. The van der Waals surface area contributed by atoms with Gasteiger partial charge in [-0.05, 0) is 19.1 Å². The van der Waals surface area contributed by atoms with Gasteiger partial charge < -0.3 is 10.1 Å². The molecule has 108 valence electrons. The Morgan fingerprint density at radius 2 is 2.05 bits per heavy atom. The first-order valence-electron chi connectivity index (χ1n) is 6.67. The molecule has 0 bridgehead atoms. The Morgan fingerprint density at radius 1 is 1.35 bits per heavy atom. The van der Waals surface area contributed by atoms with Crippen LogP contribution < -0.4 is 10.1 Å². The van der Waals surface area contributed by atoms with Gasteiger partial charge in [0, 0.05) is 19.6 Å². The number of nitrogens with zero attached hydrogens (tertiary/aromatic N) is 2. The number of para-hydroxylation sites is 1. The van der Waals surface area contributed by atoms with Gasteiger partial charge in [0.15, 0.2) is 11.6 Å². The lowest BCUT2D eigenvalue weighted by atomic mass is 10.2. The molecule has 1 aromatic carbocycles. The number of hydrogen-bond donors (Lipinski definition) is 1. The number of benzene rings is 1. The molecule has 0 saturated heterocycles. The highest BCUT2D eigenvalue weighted by Crippen LogP contribution is 2.28. The second-order valence-electron chi connectivity index (χ2n) is 5.06. The van der Waals surface area contributed by atoms with Crippen molar-refractivity contribution in [2.24, 2.45) is 7.05 Å². The van der Waals surface area contributed by atoms with Gasteiger partial charge in [0.25, 0.3) is 0 Å². The van der Waals surface area contributed by atoms with Gasteiger partial charge in [-0.3, -0.25) is 0 Å². The number of halogens is 1. The van der Waals surface area contributed by atoms with Crippen LogP contribution in [0.5, 0.6) is 11.6 Å². The minimum absolute atomic E-state index is 0.210. The fraction of sp³-hybridized carbons (Fsp3) is 0.400. The molecule has 0 amide bonds. The van der Waals surface area contributed by atoms with Crippen LogP contribution in [-0.2, 0) is 13.6 Å². The van der Waals surface area contributed by atoms with Crippen LogP contribution in [0.2, 0.25) is 0 Å². The van der Waals surface area contributed by atoms with Crippen molar-refractivity contribution in [1.82, 2.24) is 15.1 Å². The molecule has 0 fully saturated rings. The third-order valence-electron chi connectivity index (χ3n) is 3.02. The minimum atomic E-state index is -0.380. The van der Waals surface area contributed by atoms with Crippen LogP contribution in [-0.4, -0.2) is 15.8 Å². The molecule has 0 aliphatic rings.